The summed E-state index contributed by atoms with van der Waals surface area (Å²) in [6, 6.07) is 17.2. The number of benzene rings is 2. The van der Waals surface area contributed by atoms with Gasteiger partial charge in [-0.05, 0) is 38.4 Å². The Morgan fingerprint density at radius 3 is 2.38 bits per heavy atom. The van der Waals surface area contributed by atoms with E-state index < -0.39 is 0 Å². The number of hydrogen-bond donors (Lipinski definition) is 0. The Morgan fingerprint density at radius 1 is 1.00 bits per heavy atom. The summed E-state index contributed by atoms with van der Waals surface area (Å²) in [4.78, 5) is 18.8. The zero-order valence-electron chi connectivity index (χ0n) is 14.2. The summed E-state index contributed by atoms with van der Waals surface area (Å²) in [6.45, 7) is 3.33. The van der Waals surface area contributed by atoms with Crippen molar-refractivity contribution < 1.29 is 9.53 Å². The van der Waals surface area contributed by atoms with Crippen LogP contribution in [0.1, 0.15) is 0 Å². The molecule has 0 aliphatic carbocycles. The molecule has 2 aromatic carbocycles. The molecule has 0 saturated carbocycles. The summed E-state index contributed by atoms with van der Waals surface area (Å²) in [7, 11) is 4.14. The standard InChI is InChI=1S/C19H23N3O2/c1-20(2)12-13-21-14-15-22(18-11-7-6-10-17(18)21)19(23)24-16-8-4-3-5-9-16/h3-11H,12-15H2,1-2H3. The van der Waals surface area contributed by atoms with Crippen LogP contribution in [0.5, 0.6) is 5.75 Å². The Kier molecular flexibility index (Phi) is 5.01. The molecule has 0 unspecified atom stereocenters. The van der Waals surface area contributed by atoms with Crippen molar-refractivity contribution in [2.24, 2.45) is 0 Å². The van der Waals surface area contributed by atoms with Gasteiger partial charge in [0.25, 0.3) is 0 Å². The van der Waals surface area contributed by atoms with Crippen molar-refractivity contribution in [3.8, 4) is 5.75 Å². The molecule has 2 aromatic rings. The molecular formula is C19H23N3O2. The van der Waals surface area contributed by atoms with Gasteiger partial charge in [0.1, 0.15) is 5.75 Å². The van der Waals surface area contributed by atoms with E-state index in [-0.39, 0.29) is 6.09 Å². The molecule has 24 heavy (non-hydrogen) atoms. The van der Waals surface area contributed by atoms with Crippen LogP contribution in [0.15, 0.2) is 54.6 Å². The highest BCUT2D eigenvalue weighted by molar-refractivity contribution is 5.94. The Hall–Kier alpha value is -2.53. The largest absolute Gasteiger partial charge is 0.419 e. The monoisotopic (exact) mass is 325 g/mol. The first-order valence-corrected chi connectivity index (χ1v) is 8.18. The molecule has 126 valence electrons. The van der Waals surface area contributed by atoms with E-state index in [1.807, 2.05) is 36.4 Å². The molecule has 1 amide bonds. The lowest BCUT2D eigenvalue weighted by Crippen LogP contribution is -2.46. The van der Waals surface area contributed by atoms with E-state index in [1.54, 1.807) is 17.0 Å². The van der Waals surface area contributed by atoms with Gasteiger partial charge >= 0.3 is 6.09 Å². The highest BCUT2D eigenvalue weighted by Gasteiger charge is 2.27. The highest BCUT2D eigenvalue weighted by Crippen LogP contribution is 2.33. The van der Waals surface area contributed by atoms with Crippen LogP contribution in [-0.4, -0.2) is 51.3 Å². The maximum Gasteiger partial charge on any atom is 0.419 e. The van der Waals surface area contributed by atoms with Gasteiger partial charge in [0, 0.05) is 26.2 Å². The van der Waals surface area contributed by atoms with Crippen LogP contribution in [0.25, 0.3) is 0 Å². The summed E-state index contributed by atoms with van der Waals surface area (Å²) in [6.07, 6.45) is -0.332. The fraction of sp³-hybridized carbons (Fsp3) is 0.316. The molecule has 3 rings (SSSR count). The minimum Gasteiger partial charge on any atom is -0.410 e. The topological polar surface area (TPSA) is 36.0 Å². The van der Waals surface area contributed by atoms with Crippen molar-refractivity contribution >= 4 is 17.5 Å². The predicted octanol–water partition coefficient (Wildman–Crippen LogP) is 3.07. The smallest absolute Gasteiger partial charge is 0.410 e. The maximum atomic E-state index is 12.6. The number of carbonyl (C=O) groups is 1. The Morgan fingerprint density at radius 2 is 1.67 bits per heavy atom. The van der Waals surface area contributed by atoms with Gasteiger partial charge in [-0.3, -0.25) is 4.90 Å². The fourth-order valence-corrected chi connectivity index (χ4v) is 2.81. The molecule has 0 N–H and O–H groups in total. The van der Waals surface area contributed by atoms with Gasteiger partial charge in [-0.15, -0.1) is 0 Å². The molecule has 0 bridgehead atoms. The van der Waals surface area contributed by atoms with Crippen molar-refractivity contribution in [1.82, 2.24) is 4.90 Å². The average molecular weight is 325 g/mol. The molecule has 0 fully saturated rings. The van der Waals surface area contributed by atoms with Crippen LogP contribution >= 0.6 is 0 Å². The van der Waals surface area contributed by atoms with Gasteiger partial charge in [-0.2, -0.15) is 0 Å². The lowest BCUT2D eigenvalue weighted by Gasteiger charge is -2.37. The zero-order chi connectivity index (χ0) is 16.9. The number of likely N-dealkylation sites (N-methyl/N-ethyl adjacent to an activating group) is 1. The van der Waals surface area contributed by atoms with Gasteiger partial charge in [0.2, 0.25) is 0 Å². The average Bonchev–Trinajstić information content (AvgIpc) is 2.60. The third kappa shape index (κ3) is 3.68. The second-order valence-electron chi connectivity index (χ2n) is 6.11. The minimum atomic E-state index is -0.332. The molecule has 0 aromatic heterocycles. The minimum absolute atomic E-state index is 0.332. The van der Waals surface area contributed by atoms with E-state index in [0.717, 1.165) is 31.0 Å². The van der Waals surface area contributed by atoms with Crippen LogP contribution < -0.4 is 14.5 Å². The molecule has 1 aliphatic rings. The number of carbonyl (C=O) groups excluding carboxylic acids is 1. The first-order valence-electron chi connectivity index (χ1n) is 8.18. The zero-order valence-corrected chi connectivity index (χ0v) is 14.2. The first-order chi connectivity index (χ1) is 11.6. The summed E-state index contributed by atoms with van der Waals surface area (Å²) in [5, 5.41) is 0. The van der Waals surface area contributed by atoms with Crippen molar-refractivity contribution in [3.05, 3.63) is 54.6 Å². The third-order valence-electron chi connectivity index (χ3n) is 4.09. The number of nitrogens with zero attached hydrogens (tertiary/aromatic N) is 3. The van der Waals surface area contributed by atoms with Gasteiger partial charge < -0.3 is 14.5 Å². The van der Waals surface area contributed by atoms with Gasteiger partial charge in [0.15, 0.2) is 0 Å². The summed E-state index contributed by atoms with van der Waals surface area (Å²) >= 11 is 0. The predicted molar refractivity (Wildman–Crippen MR) is 97.0 cm³/mol. The summed E-state index contributed by atoms with van der Waals surface area (Å²) in [5.41, 5.74) is 1.99. The van der Waals surface area contributed by atoms with E-state index in [9.17, 15) is 4.79 Å². The van der Waals surface area contributed by atoms with Gasteiger partial charge in [-0.1, -0.05) is 30.3 Å². The first kappa shape index (κ1) is 16.3. The SMILES string of the molecule is CN(C)CCN1CCN(C(=O)Oc2ccccc2)c2ccccc21. The lowest BCUT2D eigenvalue weighted by atomic mass is 10.1. The molecule has 0 radical (unpaired) electrons. The number of amides is 1. The van der Waals surface area contributed by atoms with Crippen LogP contribution in [0.2, 0.25) is 0 Å². The molecule has 1 heterocycles. The van der Waals surface area contributed by atoms with Crippen LogP contribution in [0.3, 0.4) is 0 Å². The number of hydrogen-bond acceptors (Lipinski definition) is 4. The highest BCUT2D eigenvalue weighted by atomic mass is 16.6. The number of fused-ring (bicyclic) bond motifs is 1. The molecule has 1 aliphatic heterocycles. The van der Waals surface area contributed by atoms with Crippen LogP contribution in [-0.2, 0) is 0 Å². The lowest BCUT2D eigenvalue weighted by molar-refractivity contribution is 0.207. The normalized spacial score (nSPS) is 13.8. The molecule has 0 spiro atoms. The second-order valence-corrected chi connectivity index (χ2v) is 6.11. The third-order valence-corrected chi connectivity index (χ3v) is 4.09. The second kappa shape index (κ2) is 7.36. The van der Waals surface area contributed by atoms with Crippen molar-refractivity contribution in [2.45, 2.75) is 0 Å². The number of ether oxygens (including phenoxy) is 1. The van der Waals surface area contributed by atoms with E-state index in [2.05, 4.69) is 30.0 Å². The van der Waals surface area contributed by atoms with Gasteiger partial charge in [-0.25, -0.2) is 4.79 Å². The molecule has 5 nitrogen and oxygen atoms in total. The van der Waals surface area contributed by atoms with Crippen LogP contribution in [0, 0.1) is 0 Å². The van der Waals surface area contributed by atoms with E-state index >= 15 is 0 Å². The molecule has 5 heteroatoms. The summed E-state index contributed by atoms with van der Waals surface area (Å²) < 4.78 is 5.50. The van der Waals surface area contributed by atoms with Crippen LogP contribution in [0.4, 0.5) is 16.2 Å². The Balaban J connectivity index is 1.77. The van der Waals surface area contributed by atoms with E-state index in [4.69, 9.17) is 4.74 Å². The van der Waals surface area contributed by atoms with Crippen molar-refractivity contribution in [1.29, 1.82) is 0 Å². The number of rotatable bonds is 4. The van der Waals surface area contributed by atoms with Crippen molar-refractivity contribution in [2.75, 3.05) is 50.1 Å². The number of anilines is 2. The Labute approximate surface area is 143 Å². The van der Waals surface area contributed by atoms with Gasteiger partial charge in [0.05, 0.1) is 11.4 Å². The molecule has 0 atom stereocenters. The molecule has 0 saturated heterocycles. The quantitative estimate of drug-likeness (QED) is 0.865. The van der Waals surface area contributed by atoms with Crippen molar-refractivity contribution in [3.63, 3.8) is 0 Å². The number of para-hydroxylation sites is 3. The van der Waals surface area contributed by atoms with E-state index in [0.29, 0.717) is 12.3 Å². The Bertz CT molecular complexity index is 688. The molecular weight excluding hydrogens is 302 g/mol. The fourth-order valence-electron chi connectivity index (χ4n) is 2.81. The van der Waals surface area contributed by atoms with E-state index in [1.165, 1.54) is 0 Å². The maximum absolute atomic E-state index is 12.6. The summed E-state index contributed by atoms with van der Waals surface area (Å²) in [5.74, 6) is 0.565.